The summed E-state index contributed by atoms with van der Waals surface area (Å²) in [4.78, 5) is 0. The van der Waals surface area contributed by atoms with Crippen LogP contribution >= 0.6 is 0 Å². The van der Waals surface area contributed by atoms with Gasteiger partial charge in [-0.25, -0.2) is 12.7 Å². The van der Waals surface area contributed by atoms with Crippen LogP contribution in [0.5, 0.6) is 0 Å². The lowest BCUT2D eigenvalue weighted by atomic mass is 9.93. The van der Waals surface area contributed by atoms with Crippen molar-refractivity contribution in [3.8, 4) is 0 Å². The average molecular weight is 319 g/mol. The molecule has 6 heteroatoms. The molecule has 0 spiro atoms. The van der Waals surface area contributed by atoms with E-state index in [2.05, 4.69) is 10.2 Å². The third-order valence-corrected chi connectivity index (χ3v) is 6.08. The van der Waals surface area contributed by atoms with Gasteiger partial charge in [0.25, 0.3) is 0 Å². The summed E-state index contributed by atoms with van der Waals surface area (Å²) >= 11 is 0. The third-order valence-electron chi connectivity index (χ3n) is 4.23. The van der Waals surface area contributed by atoms with E-state index >= 15 is 0 Å². The van der Waals surface area contributed by atoms with Crippen molar-refractivity contribution in [3.63, 3.8) is 0 Å². The summed E-state index contributed by atoms with van der Waals surface area (Å²) < 4.78 is 26.6. The van der Waals surface area contributed by atoms with Gasteiger partial charge in [0, 0.05) is 25.0 Å². The molecule has 0 amide bonds. The van der Waals surface area contributed by atoms with Gasteiger partial charge in [0.05, 0.1) is 5.75 Å². The lowest BCUT2D eigenvalue weighted by Gasteiger charge is -2.31. The van der Waals surface area contributed by atoms with Gasteiger partial charge in [-0.3, -0.25) is 5.10 Å². The molecule has 2 aromatic rings. The van der Waals surface area contributed by atoms with Gasteiger partial charge < -0.3 is 0 Å². The minimum atomic E-state index is -3.21. The second-order valence-electron chi connectivity index (χ2n) is 5.87. The monoisotopic (exact) mass is 319 g/mol. The maximum Gasteiger partial charge on any atom is 0.218 e. The van der Waals surface area contributed by atoms with Crippen LogP contribution in [-0.4, -0.2) is 36.0 Å². The SMILES string of the molecule is O=S(=O)(Cc1ccccc1)N1CCC(Cc2ccn[nH]2)CC1. The molecule has 1 aliphatic rings. The molecule has 0 aliphatic carbocycles. The Kier molecular flexibility index (Phi) is 4.59. The molecule has 2 heterocycles. The minimum absolute atomic E-state index is 0.0963. The van der Waals surface area contributed by atoms with Gasteiger partial charge in [0.1, 0.15) is 0 Å². The minimum Gasteiger partial charge on any atom is -0.283 e. The molecule has 1 N–H and O–H groups in total. The number of benzene rings is 1. The Hall–Kier alpha value is -1.66. The van der Waals surface area contributed by atoms with Crippen LogP contribution in [0, 0.1) is 5.92 Å². The summed E-state index contributed by atoms with van der Waals surface area (Å²) in [6.07, 6.45) is 4.53. The number of aromatic amines is 1. The Morgan fingerprint density at radius 3 is 2.50 bits per heavy atom. The zero-order chi connectivity index (χ0) is 15.4. The Morgan fingerprint density at radius 1 is 1.14 bits per heavy atom. The highest BCUT2D eigenvalue weighted by Gasteiger charge is 2.28. The van der Waals surface area contributed by atoms with Crippen LogP contribution in [0.3, 0.4) is 0 Å². The van der Waals surface area contributed by atoms with E-state index in [4.69, 9.17) is 0 Å². The number of hydrogen-bond donors (Lipinski definition) is 1. The summed E-state index contributed by atoms with van der Waals surface area (Å²) in [6, 6.07) is 11.4. The van der Waals surface area contributed by atoms with Crippen molar-refractivity contribution in [1.29, 1.82) is 0 Å². The molecule has 118 valence electrons. The third kappa shape index (κ3) is 3.75. The van der Waals surface area contributed by atoms with E-state index in [0.717, 1.165) is 30.5 Å². The van der Waals surface area contributed by atoms with E-state index in [0.29, 0.717) is 19.0 Å². The molecule has 1 saturated heterocycles. The van der Waals surface area contributed by atoms with E-state index in [9.17, 15) is 8.42 Å². The number of nitrogens with zero attached hydrogens (tertiary/aromatic N) is 2. The van der Waals surface area contributed by atoms with Gasteiger partial charge in [-0.2, -0.15) is 5.10 Å². The molecule has 1 fully saturated rings. The molecule has 0 bridgehead atoms. The topological polar surface area (TPSA) is 66.1 Å². The maximum absolute atomic E-state index is 12.5. The van der Waals surface area contributed by atoms with Crippen LogP contribution in [0.25, 0.3) is 0 Å². The first-order chi connectivity index (χ1) is 10.6. The molecular formula is C16H21N3O2S. The number of sulfonamides is 1. The van der Waals surface area contributed by atoms with Gasteiger partial charge in [-0.15, -0.1) is 0 Å². The Morgan fingerprint density at radius 2 is 1.86 bits per heavy atom. The molecule has 3 rings (SSSR count). The molecule has 0 radical (unpaired) electrons. The van der Waals surface area contributed by atoms with Crippen molar-refractivity contribution in [3.05, 3.63) is 53.9 Å². The van der Waals surface area contributed by atoms with Crippen LogP contribution in [0.2, 0.25) is 0 Å². The van der Waals surface area contributed by atoms with Crippen molar-refractivity contribution in [1.82, 2.24) is 14.5 Å². The zero-order valence-electron chi connectivity index (χ0n) is 12.5. The van der Waals surface area contributed by atoms with Gasteiger partial charge in [0.15, 0.2) is 0 Å². The van der Waals surface area contributed by atoms with Crippen molar-refractivity contribution in [2.75, 3.05) is 13.1 Å². The zero-order valence-corrected chi connectivity index (χ0v) is 13.3. The van der Waals surface area contributed by atoms with Crippen molar-refractivity contribution in [2.24, 2.45) is 5.92 Å². The standard InChI is InChI=1S/C16H21N3O2S/c20-22(21,13-15-4-2-1-3-5-15)19-10-7-14(8-11-19)12-16-6-9-17-18-16/h1-6,9,14H,7-8,10-13H2,(H,17,18). The van der Waals surface area contributed by atoms with Crippen LogP contribution in [0.1, 0.15) is 24.1 Å². The highest BCUT2D eigenvalue weighted by molar-refractivity contribution is 7.88. The Labute approximate surface area is 131 Å². The maximum atomic E-state index is 12.5. The molecule has 0 unspecified atom stereocenters. The highest BCUT2D eigenvalue weighted by Crippen LogP contribution is 2.24. The van der Waals surface area contributed by atoms with Crippen LogP contribution in [-0.2, 0) is 22.2 Å². The lowest BCUT2D eigenvalue weighted by Crippen LogP contribution is -2.39. The fraction of sp³-hybridized carbons (Fsp3) is 0.438. The number of hydrogen-bond acceptors (Lipinski definition) is 3. The first kappa shape index (κ1) is 15.2. The number of aromatic nitrogens is 2. The fourth-order valence-corrected chi connectivity index (χ4v) is 4.54. The lowest BCUT2D eigenvalue weighted by molar-refractivity contribution is 0.271. The molecule has 0 atom stereocenters. The number of H-pyrrole nitrogens is 1. The second kappa shape index (κ2) is 6.62. The molecule has 1 aliphatic heterocycles. The van der Waals surface area contributed by atoms with Gasteiger partial charge in [-0.1, -0.05) is 30.3 Å². The normalized spacial score (nSPS) is 17.6. The molecule has 22 heavy (non-hydrogen) atoms. The predicted molar refractivity (Wildman–Crippen MR) is 85.7 cm³/mol. The predicted octanol–water partition coefficient (Wildman–Crippen LogP) is 2.19. The van der Waals surface area contributed by atoms with Gasteiger partial charge >= 0.3 is 0 Å². The number of nitrogens with one attached hydrogen (secondary N) is 1. The van der Waals surface area contributed by atoms with Crippen molar-refractivity contribution >= 4 is 10.0 Å². The smallest absolute Gasteiger partial charge is 0.218 e. The second-order valence-corrected chi connectivity index (χ2v) is 7.84. The van der Waals surface area contributed by atoms with Gasteiger partial charge in [0.2, 0.25) is 10.0 Å². The molecular weight excluding hydrogens is 298 g/mol. The summed E-state index contributed by atoms with van der Waals surface area (Å²) in [5, 5.41) is 6.93. The summed E-state index contributed by atoms with van der Waals surface area (Å²) in [5.74, 6) is 0.627. The largest absolute Gasteiger partial charge is 0.283 e. The first-order valence-electron chi connectivity index (χ1n) is 7.63. The quantitative estimate of drug-likeness (QED) is 0.919. The number of piperidine rings is 1. The summed E-state index contributed by atoms with van der Waals surface area (Å²) in [5.41, 5.74) is 1.98. The highest BCUT2D eigenvalue weighted by atomic mass is 32.2. The van der Waals surface area contributed by atoms with Gasteiger partial charge in [-0.05, 0) is 36.8 Å². The van der Waals surface area contributed by atoms with Crippen LogP contribution in [0.4, 0.5) is 0 Å². The molecule has 1 aromatic heterocycles. The van der Waals surface area contributed by atoms with E-state index in [1.54, 1.807) is 10.5 Å². The van der Waals surface area contributed by atoms with E-state index in [1.165, 1.54) is 0 Å². The summed E-state index contributed by atoms with van der Waals surface area (Å²) in [6.45, 7) is 1.24. The van der Waals surface area contributed by atoms with Crippen LogP contribution in [0.15, 0.2) is 42.6 Å². The Balaban J connectivity index is 1.56. The average Bonchev–Trinajstić information content (AvgIpc) is 3.01. The molecule has 1 aromatic carbocycles. The van der Waals surface area contributed by atoms with E-state index in [-0.39, 0.29) is 5.75 Å². The Bertz CT molecular complexity index is 675. The van der Waals surface area contributed by atoms with Crippen LogP contribution < -0.4 is 0 Å². The van der Waals surface area contributed by atoms with E-state index < -0.39 is 10.0 Å². The molecule has 5 nitrogen and oxygen atoms in total. The molecule has 0 saturated carbocycles. The van der Waals surface area contributed by atoms with Crippen molar-refractivity contribution < 1.29 is 8.42 Å². The van der Waals surface area contributed by atoms with Crippen molar-refractivity contribution in [2.45, 2.75) is 25.0 Å². The first-order valence-corrected chi connectivity index (χ1v) is 9.24. The van der Waals surface area contributed by atoms with E-state index in [1.807, 2.05) is 36.4 Å². The summed E-state index contributed by atoms with van der Waals surface area (Å²) in [7, 11) is -3.21. The number of rotatable bonds is 5. The fourth-order valence-electron chi connectivity index (χ4n) is 2.98.